The molecule has 0 radical (unpaired) electrons. The summed E-state index contributed by atoms with van der Waals surface area (Å²) in [6.07, 6.45) is 0. The molecule has 0 aliphatic carbocycles. The third kappa shape index (κ3) is 2.49. The van der Waals surface area contributed by atoms with Crippen LogP contribution in [0.3, 0.4) is 0 Å². The van der Waals surface area contributed by atoms with Crippen LogP contribution >= 0.6 is 45.2 Å². The fourth-order valence-corrected chi connectivity index (χ4v) is 3.24. The Kier molecular flexibility index (Phi) is 3.50. The van der Waals surface area contributed by atoms with Gasteiger partial charge in [-0.1, -0.05) is 0 Å². The highest BCUT2D eigenvalue weighted by molar-refractivity contribution is 14.1. The van der Waals surface area contributed by atoms with Gasteiger partial charge >= 0.3 is 0 Å². The molecule has 3 rings (SSSR count). The van der Waals surface area contributed by atoms with Crippen molar-refractivity contribution in [2.75, 3.05) is 0 Å². The Hall–Kier alpha value is -0.700. The summed E-state index contributed by atoms with van der Waals surface area (Å²) < 4.78 is 2.41. The monoisotopic (exact) mass is 475 g/mol. The van der Waals surface area contributed by atoms with Gasteiger partial charge in [-0.05, 0) is 100 Å². The van der Waals surface area contributed by atoms with Crippen molar-refractivity contribution >= 4 is 56.2 Å². The second-order valence-electron chi connectivity index (χ2n) is 4.51. The van der Waals surface area contributed by atoms with E-state index in [1.165, 1.54) is 18.3 Å². The van der Waals surface area contributed by atoms with Gasteiger partial charge in [0, 0.05) is 7.14 Å². The molecule has 2 aromatic carbocycles. The summed E-state index contributed by atoms with van der Waals surface area (Å²) in [6.45, 7) is 4.20. The molecule has 96 valence electrons. The number of benzene rings is 2. The molecule has 0 saturated heterocycles. The molecule has 1 heterocycles. The number of aromatic nitrogens is 3. The molecule has 0 aliphatic heterocycles. The molecule has 3 aromatic rings. The summed E-state index contributed by atoms with van der Waals surface area (Å²) in [5, 5.41) is 9.15. The Morgan fingerprint density at radius 1 is 0.947 bits per heavy atom. The van der Waals surface area contributed by atoms with Gasteiger partial charge in [0.2, 0.25) is 0 Å². The molecule has 19 heavy (non-hydrogen) atoms. The van der Waals surface area contributed by atoms with Crippen molar-refractivity contribution in [2.45, 2.75) is 13.8 Å². The van der Waals surface area contributed by atoms with Crippen LogP contribution < -0.4 is 0 Å². The third-order valence-electron chi connectivity index (χ3n) is 3.02. The van der Waals surface area contributed by atoms with Crippen molar-refractivity contribution in [3.05, 3.63) is 48.6 Å². The summed E-state index contributed by atoms with van der Waals surface area (Å²) in [5.41, 5.74) is 5.34. The standard InChI is InChI=1S/C14H11I2N3/c1-8-5-11(16)9(2)14(6-8)19-17-12-4-3-10(15)7-13(12)18-19/h3-7H,1-2H3. The molecule has 5 heteroatoms. The van der Waals surface area contributed by atoms with Gasteiger partial charge in [0.15, 0.2) is 0 Å². The summed E-state index contributed by atoms with van der Waals surface area (Å²) >= 11 is 4.65. The lowest BCUT2D eigenvalue weighted by Crippen LogP contribution is -2.03. The number of halogens is 2. The molecular weight excluding hydrogens is 464 g/mol. The predicted molar refractivity (Wildman–Crippen MR) is 93.8 cm³/mol. The number of rotatable bonds is 1. The zero-order valence-electron chi connectivity index (χ0n) is 10.5. The van der Waals surface area contributed by atoms with E-state index in [0.717, 1.165) is 16.7 Å². The van der Waals surface area contributed by atoms with Crippen LogP contribution in [0, 0.1) is 21.0 Å². The number of hydrogen-bond donors (Lipinski definition) is 0. The lowest BCUT2D eigenvalue weighted by atomic mass is 10.1. The van der Waals surface area contributed by atoms with Gasteiger partial charge in [-0.25, -0.2) is 0 Å². The Labute approximate surface area is 138 Å². The van der Waals surface area contributed by atoms with Crippen LogP contribution in [0.25, 0.3) is 16.7 Å². The molecule has 0 atom stereocenters. The maximum absolute atomic E-state index is 4.58. The molecule has 0 unspecified atom stereocenters. The van der Waals surface area contributed by atoms with E-state index in [9.17, 15) is 0 Å². The fraction of sp³-hybridized carbons (Fsp3) is 0.143. The van der Waals surface area contributed by atoms with Gasteiger partial charge < -0.3 is 0 Å². The van der Waals surface area contributed by atoms with Gasteiger partial charge in [0.25, 0.3) is 0 Å². The molecule has 1 aromatic heterocycles. The molecular formula is C14H11I2N3. The third-order valence-corrected chi connectivity index (χ3v) is 4.81. The lowest BCUT2D eigenvalue weighted by Gasteiger charge is -2.07. The van der Waals surface area contributed by atoms with Crippen LogP contribution in [0.2, 0.25) is 0 Å². The molecule has 0 fully saturated rings. The van der Waals surface area contributed by atoms with Gasteiger partial charge in [-0.3, -0.25) is 0 Å². The van der Waals surface area contributed by atoms with Crippen LogP contribution in [-0.2, 0) is 0 Å². The molecule has 3 nitrogen and oxygen atoms in total. The van der Waals surface area contributed by atoms with Gasteiger partial charge in [-0.15, -0.1) is 10.2 Å². The average Bonchev–Trinajstić information content (AvgIpc) is 2.76. The summed E-state index contributed by atoms with van der Waals surface area (Å²) in [4.78, 5) is 1.74. The van der Waals surface area contributed by atoms with E-state index in [1.54, 1.807) is 4.80 Å². The molecule has 0 aliphatic rings. The van der Waals surface area contributed by atoms with E-state index in [-0.39, 0.29) is 0 Å². The largest absolute Gasteiger partial charge is 0.150 e. The van der Waals surface area contributed by atoms with Crippen molar-refractivity contribution in [3.63, 3.8) is 0 Å². The number of hydrogen-bond acceptors (Lipinski definition) is 2. The molecule has 0 amide bonds. The van der Waals surface area contributed by atoms with E-state index >= 15 is 0 Å². The SMILES string of the molecule is Cc1cc(I)c(C)c(-n2nc3ccc(I)cc3n2)c1. The molecule has 0 bridgehead atoms. The second kappa shape index (κ2) is 5.01. The minimum Gasteiger partial charge on any atom is -0.150 e. The summed E-state index contributed by atoms with van der Waals surface area (Å²) in [5.74, 6) is 0. The van der Waals surface area contributed by atoms with Crippen molar-refractivity contribution in [2.24, 2.45) is 0 Å². The smallest absolute Gasteiger partial charge is 0.114 e. The Balaban J connectivity index is 2.24. The highest BCUT2D eigenvalue weighted by atomic mass is 127. The minimum atomic E-state index is 0.927. The summed E-state index contributed by atoms with van der Waals surface area (Å²) in [7, 11) is 0. The van der Waals surface area contributed by atoms with Crippen molar-refractivity contribution in [3.8, 4) is 5.69 Å². The highest BCUT2D eigenvalue weighted by Gasteiger charge is 2.10. The Morgan fingerprint density at radius 3 is 2.47 bits per heavy atom. The van der Waals surface area contributed by atoms with Crippen molar-refractivity contribution in [1.82, 2.24) is 15.0 Å². The van der Waals surface area contributed by atoms with Gasteiger partial charge in [0.1, 0.15) is 11.0 Å². The number of nitrogens with zero attached hydrogens (tertiary/aromatic N) is 3. The van der Waals surface area contributed by atoms with E-state index < -0.39 is 0 Å². The Morgan fingerprint density at radius 2 is 1.68 bits per heavy atom. The topological polar surface area (TPSA) is 30.7 Å². The first-order valence-corrected chi connectivity index (χ1v) is 8.00. The van der Waals surface area contributed by atoms with Crippen LogP contribution in [0.15, 0.2) is 30.3 Å². The van der Waals surface area contributed by atoms with Crippen LogP contribution in [0.5, 0.6) is 0 Å². The normalized spacial score (nSPS) is 11.2. The molecule has 0 saturated carbocycles. The first-order valence-electron chi connectivity index (χ1n) is 5.84. The number of aryl methyl sites for hydroxylation is 1. The first-order chi connectivity index (χ1) is 9.04. The average molecular weight is 475 g/mol. The van der Waals surface area contributed by atoms with E-state index in [1.807, 2.05) is 6.07 Å². The zero-order valence-corrected chi connectivity index (χ0v) is 14.8. The second-order valence-corrected chi connectivity index (χ2v) is 6.92. The predicted octanol–water partition coefficient (Wildman–Crippen LogP) is 4.25. The van der Waals surface area contributed by atoms with Crippen LogP contribution in [0.1, 0.15) is 11.1 Å². The van der Waals surface area contributed by atoms with Crippen molar-refractivity contribution < 1.29 is 0 Å². The van der Waals surface area contributed by atoms with E-state index in [4.69, 9.17) is 0 Å². The van der Waals surface area contributed by atoms with Crippen molar-refractivity contribution in [1.29, 1.82) is 0 Å². The van der Waals surface area contributed by atoms with Crippen LogP contribution in [-0.4, -0.2) is 15.0 Å². The van der Waals surface area contributed by atoms with E-state index in [0.29, 0.717) is 0 Å². The van der Waals surface area contributed by atoms with E-state index in [2.05, 4.69) is 93.5 Å². The van der Waals surface area contributed by atoms with Gasteiger partial charge in [0.05, 0.1) is 5.69 Å². The maximum Gasteiger partial charge on any atom is 0.114 e. The minimum absolute atomic E-state index is 0.927. The van der Waals surface area contributed by atoms with Crippen LogP contribution in [0.4, 0.5) is 0 Å². The van der Waals surface area contributed by atoms with Gasteiger partial charge in [-0.2, -0.15) is 4.80 Å². The molecule has 0 spiro atoms. The zero-order chi connectivity index (χ0) is 13.6. The number of fused-ring (bicyclic) bond motifs is 1. The Bertz CT molecular complexity index is 778. The first kappa shape index (κ1) is 13.3. The molecule has 0 N–H and O–H groups in total. The lowest BCUT2D eigenvalue weighted by molar-refractivity contribution is 0.759. The maximum atomic E-state index is 4.58. The quantitative estimate of drug-likeness (QED) is 0.494. The summed E-state index contributed by atoms with van der Waals surface area (Å²) in [6, 6.07) is 10.4. The fourth-order valence-electron chi connectivity index (χ4n) is 2.00. The highest BCUT2D eigenvalue weighted by Crippen LogP contribution is 2.22.